The van der Waals surface area contributed by atoms with E-state index in [0.717, 1.165) is 41.8 Å². The van der Waals surface area contributed by atoms with E-state index in [4.69, 9.17) is 0 Å². The summed E-state index contributed by atoms with van der Waals surface area (Å²) in [4.78, 5) is 19.0. The van der Waals surface area contributed by atoms with Crippen molar-refractivity contribution in [3.8, 4) is 11.1 Å². The standard InChI is InChI=1S/C21H22N4O/c1-15-4-2-5-16(12-15)13-20(26)25-11-3-6-19(25)21-18(14-23-24-21)17-7-9-22-10-8-17/h2,4-5,7-10,12,14,19H,3,6,11,13H2,1H3,(H,23,24)/t19-/m0/s1. The number of nitrogens with zero attached hydrogens (tertiary/aromatic N) is 3. The van der Waals surface area contributed by atoms with Crippen molar-refractivity contribution in [3.63, 3.8) is 0 Å². The summed E-state index contributed by atoms with van der Waals surface area (Å²) in [5, 5.41) is 7.39. The van der Waals surface area contributed by atoms with Gasteiger partial charge in [-0.1, -0.05) is 29.8 Å². The van der Waals surface area contributed by atoms with Crippen LogP contribution in [0.2, 0.25) is 0 Å². The van der Waals surface area contributed by atoms with Gasteiger partial charge in [-0.25, -0.2) is 0 Å². The van der Waals surface area contributed by atoms with Crippen LogP contribution in [-0.4, -0.2) is 32.5 Å². The molecule has 1 N–H and O–H groups in total. The number of aromatic amines is 1. The molecule has 1 aliphatic rings. The molecule has 2 aromatic heterocycles. The second-order valence-corrected chi connectivity index (χ2v) is 6.84. The Labute approximate surface area is 153 Å². The number of nitrogens with one attached hydrogen (secondary N) is 1. The van der Waals surface area contributed by atoms with Crippen LogP contribution in [0, 0.1) is 6.92 Å². The number of hydrogen-bond donors (Lipinski definition) is 1. The molecular formula is C21H22N4O. The average Bonchev–Trinajstić information content (AvgIpc) is 3.31. The first-order valence-electron chi connectivity index (χ1n) is 9.01. The van der Waals surface area contributed by atoms with Crippen molar-refractivity contribution in [3.05, 3.63) is 71.8 Å². The number of amides is 1. The number of carbonyl (C=O) groups excluding carboxylic acids is 1. The number of aromatic nitrogens is 3. The Balaban J connectivity index is 1.58. The van der Waals surface area contributed by atoms with E-state index in [1.807, 2.05) is 35.4 Å². The minimum Gasteiger partial charge on any atom is -0.334 e. The highest BCUT2D eigenvalue weighted by Crippen LogP contribution is 2.36. The van der Waals surface area contributed by atoms with E-state index in [-0.39, 0.29) is 11.9 Å². The highest BCUT2D eigenvalue weighted by atomic mass is 16.2. The molecule has 5 heteroatoms. The molecule has 1 atom stereocenters. The number of carbonyl (C=O) groups is 1. The van der Waals surface area contributed by atoms with Crippen LogP contribution < -0.4 is 0 Å². The van der Waals surface area contributed by atoms with Crippen LogP contribution >= 0.6 is 0 Å². The maximum Gasteiger partial charge on any atom is 0.227 e. The third kappa shape index (κ3) is 3.25. The molecule has 0 aliphatic carbocycles. The monoisotopic (exact) mass is 346 g/mol. The molecule has 4 rings (SSSR count). The molecule has 1 aliphatic heterocycles. The Bertz CT molecular complexity index is 903. The first-order valence-corrected chi connectivity index (χ1v) is 9.01. The Kier molecular flexibility index (Phi) is 4.52. The summed E-state index contributed by atoms with van der Waals surface area (Å²) in [5.41, 5.74) is 5.39. The summed E-state index contributed by atoms with van der Waals surface area (Å²) in [6.45, 7) is 2.85. The molecule has 0 spiro atoms. The average molecular weight is 346 g/mol. The van der Waals surface area contributed by atoms with Crippen LogP contribution in [0.5, 0.6) is 0 Å². The third-order valence-electron chi connectivity index (χ3n) is 5.00. The summed E-state index contributed by atoms with van der Waals surface area (Å²) < 4.78 is 0. The number of aryl methyl sites for hydroxylation is 1. The number of pyridine rings is 1. The van der Waals surface area contributed by atoms with Crippen LogP contribution in [0.3, 0.4) is 0 Å². The number of likely N-dealkylation sites (tertiary alicyclic amines) is 1. The highest BCUT2D eigenvalue weighted by Gasteiger charge is 2.32. The minimum atomic E-state index is 0.0537. The van der Waals surface area contributed by atoms with Crippen molar-refractivity contribution in [2.24, 2.45) is 0 Å². The van der Waals surface area contributed by atoms with Gasteiger partial charge in [-0.05, 0) is 43.0 Å². The lowest BCUT2D eigenvalue weighted by molar-refractivity contribution is -0.131. The molecule has 0 saturated carbocycles. The van der Waals surface area contributed by atoms with E-state index in [2.05, 4.69) is 34.2 Å². The van der Waals surface area contributed by atoms with Crippen molar-refractivity contribution in [1.29, 1.82) is 0 Å². The van der Waals surface area contributed by atoms with Gasteiger partial charge in [0.1, 0.15) is 0 Å². The SMILES string of the molecule is Cc1cccc(CC(=O)N2CCC[C@H]2c2[nH]ncc2-c2ccncc2)c1. The molecule has 132 valence electrons. The quantitative estimate of drug-likeness (QED) is 0.784. The fourth-order valence-electron chi connectivity index (χ4n) is 3.78. The first kappa shape index (κ1) is 16.5. The molecular weight excluding hydrogens is 324 g/mol. The molecule has 1 fully saturated rings. The number of H-pyrrole nitrogens is 1. The van der Waals surface area contributed by atoms with Gasteiger partial charge >= 0.3 is 0 Å². The number of hydrogen-bond acceptors (Lipinski definition) is 3. The van der Waals surface area contributed by atoms with Crippen LogP contribution in [0.15, 0.2) is 55.0 Å². The summed E-state index contributed by atoms with van der Waals surface area (Å²) in [6, 6.07) is 12.2. The maximum atomic E-state index is 13.0. The number of benzene rings is 1. The molecule has 0 radical (unpaired) electrons. The van der Waals surface area contributed by atoms with Crippen LogP contribution in [0.1, 0.15) is 35.7 Å². The maximum absolute atomic E-state index is 13.0. The van der Waals surface area contributed by atoms with E-state index in [1.54, 1.807) is 12.4 Å². The fourth-order valence-corrected chi connectivity index (χ4v) is 3.78. The van der Waals surface area contributed by atoms with Crippen molar-refractivity contribution >= 4 is 5.91 Å². The smallest absolute Gasteiger partial charge is 0.227 e. The molecule has 0 unspecified atom stereocenters. The lowest BCUT2D eigenvalue weighted by Gasteiger charge is -2.25. The van der Waals surface area contributed by atoms with Crippen molar-refractivity contribution in [2.45, 2.75) is 32.2 Å². The molecule has 1 aromatic carbocycles. The summed E-state index contributed by atoms with van der Waals surface area (Å²) >= 11 is 0. The first-order chi connectivity index (χ1) is 12.7. The number of rotatable bonds is 4. The Morgan fingerprint density at radius 2 is 2.12 bits per heavy atom. The zero-order valence-corrected chi connectivity index (χ0v) is 14.9. The van der Waals surface area contributed by atoms with Crippen molar-refractivity contribution in [1.82, 2.24) is 20.1 Å². The molecule has 26 heavy (non-hydrogen) atoms. The Morgan fingerprint density at radius 1 is 1.27 bits per heavy atom. The van der Waals surface area contributed by atoms with E-state index >= 15 is 0 Å². The second kappa shape index (κ2) is 7.12. The zero-order chi connectivity index (χ0) is 17.9. The summed E-state index contributed by atoms with van der Waals surface area (Å²) in [7, 11) is 0. The topological polar surface area (TPSA) is 61.9 Å². The molecule has 1 amide bonds. The fraction of sp³-hybridized carbons (Fsp3) is 0.286. The largest absolute Gasteiger partial charge is 0.334 e. The van der Waals surface area contributed by atoms with Crippen LogP contribution in [0.4, 0.5) is 0 Å². The third-order valence-corrected chi connectivity index (χ3v) is 5.00. The van der Waals surface area contributed by atoms with E-state index < -0.39 is 0 Å². The molecule has 1 saturated heterocycles. The van der Waals surface area contributed by atoms with Crippen molar-refractivity contribution < 1.29 is 4.79 Å². The predicted octanol–water partition coefficient (Wildman–Crippen LogP) is 3.69. The van der Waals surface area contributed by atoms with Crippen molar-refractivity contribution in [2.75, 3.05) is 6.54 Å². The van der Waals surface area contributed by atoms with Crippen LogP contribution in [-0.2, 0) is 11.2 Å². The second-order valence-electron chi connectivity index (χ2n) is 6.84. The van der Waals surface area contributed by atoms with Gasteiger partial charge in [-0.3, -0.25) is 14.9 Å². The molecule has 5 nitrogen and oxygen atoms in total. The molecule has 3 heterocycles. The normalized spacial score (nSPS) is 16.8. The Morgan fingerprint density at radius 3 is 2.92 bits per heavy atom. The lowest BCUT2D eigenvalue weighted by atomic mass is 10.0. The van der Waals surface area contributed by atoms with Gasteiger partial charge in [0.15, 0.2) is 0 Å². The van der Waals surface area contributed by atoms with E-state index in [9.17, 15) is 4.79 Å². The predicted molar refractivity (Wildman–Crippen MR) is 100 cm³/mol. The summed E-state index contributed by atoms with van der Waals surface area (Å²) in [5.74, 6) is 0.174. The molecule has 3 aromatic rings. The van der Waals surface area contributed by atoms with Gasteiger partial charge in [0, 0.05) is 24.5 Å². The minimum absolute atomic E-state index is 0.0537. The Hall–Kier alpha value is -2.95. The van der Waals surface area contributed by atoms with Gasteiger partial charge in [-0.15, -0.1) is 0 Å². The lowest BCUT2D eigenvalue weighted by Crippen LogP contribution is -2.32. The van der Waals surface area contributed by atoms with E-state index in [0.29, 0.717) is 6.42 Å². The van der Waals surface area contributed by atoms with Gasteiger partial charge in [0.2, 0.25) is 5.91 Å². The summed E-state index contributed by atoms with van der Waals surface area (Å²) in [6.07, 6.45) is 7.81. The highest BCUT2D eigenvalue weighted by molar-refractivity contribution is 5.80. The van der Waals surface area contributed by atoms with Gasteiger partial charge < -0.3 is 4.90 Å². The van der Waals surface area contributed by atoms with Gasteiger partial charge in [0.05, 0.1) is 24.4 Å². The van der Waals surface area contributed by atoms with Gasteiger partial charge in [0.25, 0.3) is 0 Å². The molecule has 0 bridgehead atoms. The van der Waals surface area contributed by atoms with E-state index in [1.165, 1.54) is 5.56 Å². The zero-order valence-electron chi connectivity index (χ0n) is 14.9. The van der Waals surface area contributed by atoms with Crippen LogP contribution in [0.25, 0.3) is 11.1 Å². The van der Waals surface area contributed by atoms with Gasteiger partial charge in [-0.2, -0.15) is 5.10 Å².